The van der Waals surface area contributed by atoms with E-state index >= 15 is 0 Å². The predicted molar refractivity (Wildman–Crippen MR) is 81.2 cm³/mol. The van der Waals surface area contributed by atoms with Crippen LogP contribution in [0.5, 0.6) is 11.5 Å². The fraction of sp³-hybridized carbons (Fsp3) is 0.0625. The monoisotopic (exact) mass is 300 g/mol. The minimum absolute atomic E-state index is 0.189. The van der Waals surface area contributed by atoms with Crippen LogP contribution in [0.25, 0.3) is 10.1 Å². The third kappa shape index (κ3) is 2.68. The van der Waals surface area contributed by atoms with Crippen molar-refractivity contribution in [2.45, 2.75) is 6.61 Å². The lowest BCUT2D eigenvalue weighted by molar-refractivity contribution is 0.0699. The molecule has 3 rings (SSSR count). The molecule has 0 saturated carbocycles. The van der Waals surface area contributed by atoms with Crippen LogP contribution in [-0.4, -0.2) is 16.2 Å². The molecule has 0 saturated heterocycles. The first kappa shape index (κ1) is 13.5. The van der Waals surface area contributed by atoms with Gasteiger partial charge in [0, 0.05) is 10.3 Å². The number of rotatable bonds is 4. The Morgan fingerprint density at radius 3 is 2.62 bits per heavy atom. The smallest absolute Gasteiger partial charge is 0.337 e. The van der Waals surface area contributed by atoms with Crippen molar-refractivity contribution < 1.29 is 19.7 Å². The highest BCUT2D eigenvalue weighted by molar-refractivity contribution is 7.17. The van der Waals surface area contributed by atoms with E-state index in [0.717, 1.165) is 15.6 Å². The molecular weight excluding hydrogens is 288 g/mol. The van der Waals surface area contributed by atoms with E-state index in [9.17, 15) is 15.0 Å². The van der Waals surface area contributed by atoms with Crippen molar-refractivity contribution in [3.8, 4) is 11.5 Å². The molecule has 0 aliphatic heterocycles. The van der Waals surface area contributed by atoms with Gasteiger partial charge in [-0.3, -0.25) is 0 Å². The first-order valence-corrected chi connectivity index (χ1v) is 7.17. The number of hydrogen-bond acceptors (Lipinski definition) is 4. The number of hydrogen-bond donors (Lipinski definition) is 2. The lowest BCUT2D eigenvalue weighted by Gasteiger charge is -2.05. The number of thiophene rings is 1. The van der Waals surface area contributed by atoms with Crippen LogP contribution in [-0.2, 0) is 6.61 Å². The van der Waals surface area contributed by atoms with Crippen LogP contribution in [0.1, 0.15) is 15.9 Å². The molecule has 2 aromatic carbocycles. The van der Waals surface area contributed by atoms with Crippen molar-refractivity contribution in [3.05, 3.63) is 59.0 Å². The van der Waals surface area contributed by atoms with Gasteiger partial charge in [0.15, 0.2) is 0 Å². The number of fused-ring (bicyclic) bond motifs is 1. The number of aromatic carboxylic acids is 1. The molecule has 0 radical (unpaired) electrons. The van der Waals surface area contributed by atoms with E-state index in [-0.39, 0.29) is 5.75 Å². The maximum absolute atomic E-state index is 11.2. The van der Waals surface area contributed by atoms with Crippen molar-refractivity contribution in [1.82, 2.24) is 0 Å². The van der Waals surface area contributed by atoms with Crippen molar-refractivity contribution in [3.63, 3.8) is 0 Å². The average molecular weight is 300 g/mol. The molecule has 0 atom stereocenters. The summed E-state index contributed by atoms with van der Waals surface area (Å²) in [5.74, 6) is -0.0792. The molecule has 2 N–H and O–H groups in total. The normalized spacial score (nSPS) is 10.7. The summed E-state index contributed by atoms with van der Waals surface area (Å²) in [5, 5.41) is 21.2. The number of aromatic hydroxyl groups is 1. The second-order valence-electron chi connectivity index (χ2n) is 4.53. The van der Waals surface area contributed by atoms with Crippen LogP contribution in [0.4, 0.5) is 0 Å². The van der Waals surface area contributed by atoms with Gasteiger partial charge in [-0.05, 0) is 41.1 Å². The molecule has 21 heavy (non-hydrogen) atoms. The van der Waals surface area contributed by atoms with Gasteiger partial charge in [0.25, 0.3) is 0 Å². The van der Waals surface area contributed by atoms with Gasteiger partial charge in [-0.2, -0.15) is 0 Å². The standard InChI is InChI=1S/C16H12O4S/c17-11-4-6-12(7-5-11)20-8-10-9-21-15-13(10)2-1-3-14(15)16(18)19/h1-7,9,17H,8H2,(H,18,19). The third-order valence-corrected chi connectivity index (χ3v) is 4.22. The SMILES string of the molecule is O=C(O)c1cccc2c(COc3ccc(O)cc3)csc12. The molecule has 106 valence electrons. The Kier molecular flexibility index (Phi) is 3.50. The van der Waals surface area contributed by atoms with E-state index in [1.807, 2.05) is 11.4 Å². The van der Waals surface area contributed by atoms with Crippen LogP contribution in [0.3, 0.4) is 0 Å². The van der Waals surface area contributed by atoms with Crippen molar-refractivity contribution in [2.75, 3.05) is 0 Å². The Labute approximate surface area is 124 Å². The molecular formula is C16H12O4S. The van der Waals surface area contributed by atoms with Gasteiger partial charge in [0.05, 0.1) is 5.56 Å². The van der Waals surface area contributed by atoms with Gasteiger partial charge in [-0.25, -0.2) is 4.79 Å². The summed E-state index contributed by atoms with van der Waals surface area (Å²) < 4.78 is 6.42. The molecule has 0 fully saturated rings. The minimum atomic E-state index is -0.923. The zero-order valence-electron chi connectivity index (χ0n) is 10.9. The highest BCUT2D eigenvalue weighted by Crippen LogP contribution is 2.30. The molecule has 0 aliphatic carbocycles. The van der Waals surface area contributed by atoms with Crippen LogP contribution < -0.4 is 4.74 Å². The Morgan fingerprint density at radius 1 is 1.14 bits per heavy atom. The Hall–Kier alpha value is -2.53. The number of benzene rings is 2. The Balaban J connectivity index is 1.86. The number of carboxylic acid groups (broad SMARTS) is 1. The largest absolute Gasteiger partial charge is 0.508 e. The minimum Gasteiger partial charge on any atom is -0.508 e. The van der Waals surface area contributed by atoms with Crippen molar-refractivity contribution in [2.24, 2.45) is 0 Å². The van der Waals surface area contributed by atoms with E-state index in [4.69, 9.17) is 4.74 Å². The molecule has 0 bridgehead atoms. The fourth-order valence-electron chi connectivity index (χ4n) is 2.09. The summed E-state index contributed by atoms with van der Waals surface area (Å²) in [6, 6.07) is 11.7. The molecule has 5 heteroatoms. The first-order chi connectivity index (χ1) is 10.1. The van der Waals surface area contributed by atoms with E-state index in [0.29, 0.717) is 17.9 Å². The highest BCUT2D eigenvalue weighted by Gasteiger charge is 2.12. The van der Waals surface area contributed by atoms with Crippen LogP contribution in [0.2, 0.25) is 0 Å². The topological polar surface area (TPSA) is 66.8 Å². The second-order valence-corrected chi connectivity index (χ2v) is 5.41. The summed E-state index contributed by atoms with van der Waals surface area (Å²) in [4.78, 5) is 11.2. The van der Waals surface area contributed by atoms with E-state index in [1.54, 1.807) is 36.4 Å². The average Bonchev–Trinajstić information content (AvgIpc) is 2.89. The van der Waals surface area contributed by atoms with E-state index < -0.39 is 5.97 Å². The van der Waals surface area contributed by atoms with Gasteiger partial charge < -0.3 is 14.9 Å². The summed E-state index contributed by atoms with van der Waals surface area (Å²) in [7, 11) is 0. The predicted octanol–water partition coefficient (Wildman–Crippen LogP) is 3.88. The van der Waals surface area contributed by atoms with Gasteiger partial charge in [0.2, 0.25) is 0 Å². The van der Waals surface area contributed by atoms with Crippen molar-refractivity contribution >= 4 is 27.4 Å². The lowest BCUT2D eigenvalue weighted by atomic mass is 10.1. The number of carboxylic acids is 1. The maximum Gasteiger partial charge on any atom is 0.337 e. The summed E-state index contributed by atoms with van der Waals surface area (Å²) in [6.45, 7) is 0.355. The summed E-state index contributed by atoms with van der Waals surface area (Å²) in [6.07, 6.45) is 0. The van der Waals surface area contributed by atoms with Gasteiger partial charge in [-0.15, -0.1) is 11.3 Å². The number of carbonyl (C=O) groups is 1. The van der Waals surface area contributed by atoms with Gasteiger partial charge >= 0.3 is 5.97 Å². The summed E-state index contributed by atoms with van der Waals surface area (Å²) >= 11 is 1.41. The number of phenols is 1. The lowest BCUT2D eigenvalue weighted by Crippen LogP contribution is -1.97. The molecule has 1 aromatic heterocycles. The molecule has 0 amide bonds. The Bertz CT molecular complexity index is 790. The number of phenolic OH excluding ortho intramolecular Hbond substituents is 1. The molecule has 0 spiro atoms. The van der Waals surface area contributed by atoms with E-state index in [2.05, 4.69) is 0 Å². The molecule has 0 unspecified atom stereocenters. The van der Waals surface area contributed by atoms with Crippen LogP contribution >= 0.6 is 11.3 Å². The fourth-order valence-corrected chi connectivity index (χ4v) is 3.16. The molecule has 3 aromatic rings. The van der Waals surface area contributed by atoms with Crippen LogP contribution in [0.15, 0.2) is 47.8 Å². The van der Waals surface area contributed by atoms with Crippen molar-refractivity contribution in [1.29, 1.82) is 0 Å². The zero-order valence-corrected chi connectivity index (χ0v) is 11.8. The number of ether oxygens (including phenoxy) is 1. The third-order valence-electron chi connectivity index (χ3n) is 3.14. The highest BCUT2D eigenvalue weighted by atomic mass is 32.1. The Morgan fingerprint density at radius 2 is 1.90 bits per heavy atom. The zero-order chi connectivity index (χ0) is 14.8. The molecule has 1 heterocycles. The molecule has 0 aliphatic rings. The van der Waals surface area contributed by atoms with E-state index in [1.165, 1.54) is 11.3 Å². The van der Waals surface area contributed by atoms with Gasteiger partial charge in [-0.1, -0.05) is 12.1 Å². The maximum atomic E-state index is 11.2. The second kappa shape index (κ2) is 5.46. The van der Waals surface area contributed by atoms with Crippen LogP contribution in [0, 0.1) is 0 Å². The molecule has 4 nitrogen and oxygen atoms in total. The first-order valence-electron chi connectivity index (χ1n) is 6.29. The van der Waals surface area contributed by atoms with Gasteiger partial charge in [0.1, 0.15) is 18.1 Å². The summed E-state index contributed by atoms with van der Waals surface area (Å²) in [5.41, 5.74) is 1.26. The quantitative estimate of drug-likeness (QED) is 0.767.